The molecule has 19 heavy (non-hydrogen) atoms. The maximum absolute atomic E-state index is 11.3. The van der Waals surface area contributed by atoms with Gasteiger partial charge in [0.25, 0.3) is 0 Å². The largest absolute Gasteiger partial charge is 0.452 e. The molecule has 0 radical (unpaired) electrons. The third kappa shape index (κ3) is 3.51. The topological polar surface area (TPSA) is 52.6 Å². The van der Waals surface area contributed by atoms with Gasteiger partial charge >= 0.3 is 11.9 Å². The van der Waals surface area contributed by atoms with Crippen molar-refractivity contribution >= 4 is 75.7 Å². The number of hydrogen-bond donors (Lipinski definition) is 0. The Bertz CT molecular complexity index is 497. The maximum Gasteiger partial charge on any atom is 0.303 e. The summed E-state index contributed by atoms with van der Waals surface area (Å²) in [5, 5.41) is 0. The highest BCUT2D eigenvalue weighted by molar-refractivity contribution is 9.17. The molecule has 0 spiro atoms. The molecule has 0 heterocycles. The van der Waals surface area contributed by atoms with Crippen LogP contribution in [-0.2, 0) is 19.1 Å². The van der Waals surface area contributed by atoms with E-state index in [4.69, 9.17) is 9.47 Å². The van der Waals surface area contributed by atoms with Crippen molar-refractivity contribution in [2.45, 2.75) is 32.5 Å². The van der Waals surface area contributed by atoms with Crippen LogP contribution < -0.4 is 0 Å². The Morgan fingerprint density at radius 1 is 1.05 bits per heavy atom. The highest BCUT2D eigenvalue weighted by atomic mass is 79.9. The first-order chi connectivity index (χ1) is 8.61. The summed E-state index contributed by atoms with van der Waals surface area (Å²) in [4.78, 5) is 22.6. The van der Waals surface area contributed by atoms with E-state index in [2.05, 4.69) is 63.7 Å². The summed E-state index contributed by atoms with van der Waals surface area (Å²) in [5.74, 6) is -0.950. The Balaban J connectivity index is 3.38. The summed E-state index contributed by atoms with van der Waals surface area (Å²) in [6, 6.07) is 0. The molecule has 1 aliphatic rings. The second-order valence-corrected chi connectivity index (χ2v) is 7.21. The minimum Gasteiger partial charge on any atom is -0.452 e. The third-order valence-corrected chi connectivity index (χ3v) is 7.61. The number of carbonyl (C=O) groups is 2. The zero-order valence-corrected chi connectivity index (χ0v) is 16.6. The van der Waals surface area contributed by atoms with Crippen LogP contribution in [0.1, 0.15) is 20.8 Å². The normalized spacial score (nSPS) is 27.4. The van der Waals surface area contributed by atoms with E-state index in [0.717, 1.165) is 0 Å². The van der Waals surface area contributed by atoms with E-state index in [9.17, 15) is 9.59 Å². The average molecular weight is 526 g/mol. The van der Waals surface area contributed by atoms with Gasteiger partial charge in [-0.2, -0.15) is 0 Å². The monoisotopic (exact) mass is 522 g/mol. The van der Waals surface area contributed by atoms with Gasteiger partial charge in [0.1, 0.15) is 0 Å². The zero-order chi connectivity index (χ0) is 15.0. The number of halogens is 4. The van der Waals surface area contributed by atoms with Crippen molar-refractivity contribution < 1.29 is 19.1 Å². The lowest BCUT2D eigenvalue weighted by Gasteiger charge is -2.39. The molecule has 0 bridgehead atoms. The number of hydrogen-bond acceptors (Lipinski definition) is 4. The molecule has 0 aromatic rings. The van der Waals surface area contributed by atoms with Gasteiger partial charge in [0.05, 0.1) is 8.96 Å². The average Bonchev–Trinajstić information content (AvgIpc) is 2.29. The first kappa shape index (κ1) is 17.4. The number of ether oxygens (including phenoxy) is 2. The Hall–Kier alpha value is 0.340. The predicted molar refractivity (Wildman–Crippen MR) is 85.5 cm³/mol. The van der Waals surface area contributed by atoms with Gasteiger partial charge in [-0.3, -0.25) is 9.59 Å². The highest BCUT2D eigenvalue weighted by Gasteiger charge is 2.49. The van der Waals surface area contributed by atoms with E-state index in [1.807, 2.05) is 0 Å². The molecule has 0 saturated heterocycles. The van der Waals surface area contributed by atoms with Crippen molar-refractivity contribution in [3.05, 3.63) is 17.9 Å². The van der Waals surface area contributed by atoms with Crippen LogP contribution in [0.2, 0.25) is 0 Å². The summed E-state index contributed by atoms with van der Waals surface area (Å²) in [7, 11) is 0. The summed E-state index contributed by atoms with van der Waals surface area (Å²) in [6.45, 7) is 4.25. The van der Waals surface area contributed by atoms with Crippen LogP contribution in [0.25, 0.3) is 0 Å². The summed E-state index contributed by atoms with van der Waals surface area (Å²) in [5.41, 5.74) is -1.15. The van der Waals surface area contributed by atoms with E-state index in [0.29, 0.717) is 17.9 Å². The summed E-state index contributed by atoms with van der Waals surface area (Å²) >= 11 is 13.5. The molecule has 0 fully saturated rings. The number of rotatable bonds is 2. The van der Waals surface area contributed by atoms with Crippen LogP contribution in [0.15, 0.2) is 17.9 Å². The Labute approximate surface area is 144 Å². The van der Waals surface area contributed by atoms with Gasteiger partial charge in [-0.1, -0.05) is 15.9 Å². The lowest BCUT2D eigenvalue weighted by molar-refractivity contribution is -0.170. The molecule has 0 aromatic carbocycles. The van der Waals surface area contributed by atoms with E-state index < -0.39 is 23.6 Å². The molecular formula is C11H10Br4O4. The van der Waals surface area contributed by atoms with Gasteiger partial charge in [-0.15, -0.1) is 0 Å². The second-order valence-electron chi connectivity index (χ2n) is 3.98. The quantitative estimate of drug-likeness (QED) is 0.506. The Kier molecular flexibility index (Phi) is 5.86. The summed E-state index contributed by atoms with van der Waals surface area (Å²) in [6.07, 6.45) is -0.779. The molecule has 2 atom stereocenters. The van der Waals surface area contributed by atoms with Crippen molar-refractivity contribution in [1.29, 1.82) is 0 Å². The van der Waals surface area contributed by atoms with Crippen LogP contribution in [0.3, 0.4) is 0 Å². The first-order valence-electron chi connectivity index (χ1n) is 5.09. The number of esters is 2. The molecule has 0 saturated carbocycles. The Morgan fingerprint density at radius 2 is 1.58 bits per heavy atom. The fourth-order valence-electron chi connectivity index (χ4n) is 1.62. The molecule has 0 aliphatic heterocycles. The lowest BCUT2D eigenvalue weighted by Crippen LogP contribution is -2.48. The number of carbonyl (C=O) groups excluding carboxylic acids is 2. The van der Waals surface area contributed by atoms with E-state index >= 15 is 0 Å². The fraction of sp³-hybridized carbons (Fsp3) is 0.455. The maximum atomic E-state index is 11.3. The van der Waals surface area contributed by atoms with Crippen molar-refractivity contribution in [2.75, 3.05) is 0 Å². The van der Waals surface area contributed by atoms with Crippen molar-refractivity contribution in [3.8, 4) is 0 Å². The van der Waals surface area contributed by atoms with Crippen LogP contribution in [0.5, 0.6) is 0 Å². The minimum atomic E-state index is -1.15. The van der Waals surface area contributed by atoms with Crippen molar-refractivity contribution in [1.82, 2.24) is 0 Å². The van der Waals surface area contributed by atoms with Gasteiger partial charge in [-0.05, 0) is 54.7 Å². The lowest BCUT2D eigenvalue weighted by atomic mass is 9.93. The molecule has 8 heteroatoms. The Morgan fingerprint density at radius 3 is 2.00 bits per heavy atom. The molecular weight excluding hydrogens is 516 g/mol. The summed E-state index contributed by atoms with van der Waals surface area (Å²) < 4.78 is 13.1. The van der Waals surface area contributed by atoms with Gasteiger partial charge in [0, 0.05) is 22.8 Å². The fourth-order valence-corrected chi connectivity index (χ4v) is 4.38. The molecule has 0 aromatic heterocycles. The minimum absolute atomic E-state index is 0.473. The van der Waals surface area contributed by atoms with Crippen molar-refractivity contribution in [2.24, 2.45) is 0 Å². The van der Waals surface area contributed by atoms with Crippen LogP contribution in [-0.4, -0.2) is 23.6 Å². The zero-order valence-electron chi connectivity index (χ0n) is 10.2. The van der Waals surface area contributed by atoms with Gasteiger partial charge < -0.3 is 9.47 Å². The molecule has 0 N–H and O–H groups in total. The number of allylic oxidation sites excluding steroid dienone is 2. The molecule has 0 amide bonds. The SMILES string of the molecule is CC(=O)OC1C(Br)=C(Br)C(Br)=C(Br)C1(C)OC(C)=O. The van der Waals surface area contributed by atoms with E-state index in [1.54, 1.807) is 6.92 Å². The molecule has 1 rings (SSSR count). The first-order valence-corrected chi connectivity index (χ1v) is 8.26. The third-order valence-electron chi connectivity index (χ3n) is 2.40. The van der Waals surface area contributed by atoms with E-state index in [1.165, 1.54) is 13.8 Å². The standard InChI is InChI=1S/C11H10Br4O4/c1-4(16)18-10-8(14)6(12)7(13)9(15)11(10,3)19-5(2)17/h10H,1-3H3. The highest BCUT2D eigenvalue weighted by Crippen LogP contribution is 2.49. The van der Waals surface area contributed by atoms with Crippen molar-refractivity contribution in [3.63, 3.8) is 0 Å². The van der Waals surface area contributed by atoms with Gasteiger partial charge in [0.15, 0.2) is 11.7 Å². The predicted octanol–water partition coefficient (Wildman–Crippen LogP) is 4.26. The molecule has 1 aliphatic carbocycles. The second kappa shape index (κ2) is 6.41. The van der Waals surface area contributed by atoms with Crippen LogP contribution in [0.4, 0.5) is 0 Å². The smallest absolute Gasteiger partial charge is 0.303 e. The van der Waals surface area contributed by atoms with E-state index in [-0.39, 0.29) is 0 Å². The van der Waals surface area contributed by atoms with Crippen LogP contribution >= 0.6 is 63.7 Å². The van der Waals surface area contributed by atoms with Gasteiger partial charge in [0.2, 0.25) is 0 Å². The molecule has 2 unspecified atom stereocenters. The van der Waals surface area contributed by atoms with Crippen LogP contribution in [0, 0.1) is 0 Å². The molecule has 106 valence electrons. The van der Waals surface area contributed by atoms with Gasteiger partial charge in [-0.25, -0.2) is 0 Å². The molecule has 4 nitrogen and oxygen atoms in total.